The molecule has 1 amide bonds. The van der Waals surface area contributed by atoms with E-state index >= 15 is 0 Å². The Morgan fingerprint density at radius 1 is 1.77 bits per heavy atom. The number of amides is 1. The van der Waals surface area contributed by atoms with Crippen LogP contribution in [0.2, 0.25) is 0 Å². The van der Waals surface area contributed by atoms with E-state index in [1.807, 2.05) is 0 Å². The van der Waals surface area contributed by atoms with Crippen molar-refractivity contribution in [2.45, 2.75) is 25.9 Å². The summed E-state index contributed by atoms with van der Waals surface area (Å²) in [4.78, 5) is 11.1. The third-order valence-corrected chi connectivity index (χ3v) is 1.34. The molecule has 0 fully saturated rings. The van der Waals surface area contributed by atoms with E-state index in [0.717, 1.165) is 0 Å². The summed E-state index contributed by atoms with van der Waals surface area (Å²) in [6.07, 6.45) is 0.303. The van der Waals surface area contributed by atoms with E-state index in [1.165, 1.54) is 0 Å². The number of hydrogen-bond donors (Lipinski definition) is 3. The molecule has 1 aromatic rings. The average molecular weight is 184 g/mol. The second-order valence-corrected chi connectivity index (χ2v) is 2.79. The lowest BCUT2D eigenvalue weighted by Crippen LogP contribution is -2.29. The Hall–Kier alpha value is -1.50. The second-order valence-electron chi connectivity index (χ2n) is 2.79. The summed E-state index contributed by atoms with van der Waals surface area (Å²) in [7, 11) is 0. The molecule has 0 radical (unpaired) electrons. The first kappa shape index (κ1) is 9.59. The number of nitrogens with two attached hydrogens (primary N) is 1. The quantitative estimate of drug-likeness (QED) is 0.530. The van der Waals surface area contributed by atoms with Crippen molar-refractivity contribution in [1.82, 2.24) is 25.9 Å². The first-order valence-corrected chi connectivity index (χ1v) is 3.93. The van der Waals surface area contributed by atoms with Crippen molar-refractivity contribution in [3.8, 4) is 0 Å². The van der Waals surface area contributed by atoms with Gasteiger partial charge in [-0.1, -0.05) is 5.21 Å². The highest BCUT2D eigenvalue weighted by Gasteiger charge is 2.05. The van der Waals surface area contributed by atoms with Crippen molar-refractivity contribution in [2.24, 2.45) is 5.73 Å². The van der Waals surface area contributed by atoms with Crippen LogP contribution in [-0.4, -0.2) is 32.6 Å². The van der Waals surface area contributed by atoms with Crippen LogP contribution in [0.5, 0.6) is 0 Å². The van der Waals surface area contributed by atoms with Crippen LogP contribution in [0, 0.1) is 0 Å². The number of carbonyl (C=O) groups excluding carboxylic acids is 1. The van der Waals surface area contributed by atoms with Crippen LogP contribution in [0.3, 0.4) is 0 Å². The minimum Gasteiger partial charge on any atom is -0.349 e. The van der Waals surface area contributed by atoms with Crippen molar-refractivity contribution in [3.63, 3.8) is 0 Å². The van der Waals surface area contributed by atoms with Gasteiger partial charge in [-0.2, -0.15) is 5.21 Å². The van der Waals surface area contributed by atoms with E-state index in [1.54, 1.807) is 6.92 Å². The van der Waals surface area contributed by atoms with Crippen molar-refractivity contribution in [2.75, 3.05) is 0 Å². The number of rotatable bonds is 4. The van der Waals surface area contributed by atoms with E-state index < -0.39 is 0 Å². The van der Waals surface area contributed by atoms with Crippen molar-refractivity contribution in [1.29, 1.82) is 0 Å². The summed E-state index contributed by atoms with van der Waals surface area (Å²) in [6.45, 7) is 2.05. The molecule has 1 unspecified atom stereocenters. The molecule has 4 N–H and O–H groups in total. The number of aromatic amines is 1. The molecule has 0 bridgehead atoms. The summed E-state index contributed by atoms with van der Waals surface area (Å²) < 4.78 is 0. The van der Waals surface area contributed by atoms with Crippen LogP contribution in [0.4, 0.5) is 0 Å². The van der Waals surface area contributed by atoms with E-state index in [4.69, 9.17) is 5.73 Å². The topological polar surface area (TPSA) is 110 Å². The summed E-state index contributed by atoms with van der Waals surface area (Å²) >= 11 is 0. The molecule has 0 aliphatic heterocycles. The van der Waals surface area contributed by atoms with Crippen molar-refractivity contribution in [3.05, 3.63) is 5.82 Å². The van der Waals surface area contributed by atoms with Gasteiger partial charge in [0, 0.05) is 12.5 Å². The van der Waals surface area contributed by atoms with Gasteiger partial charge in [0.25, 0.3) is 0 Å². The molecule has 7 nitrogen and oxygen atoms in total. The Labute approximate surface area is 75.1 Å². The molecular formula is C6H12N6O. The van der Waals surface area contributed by atoms with Crippen molar-refractivity contribution >= 4 is 5.91 Å². The lowest BCUT2D eigenvalue weighted by atomic mass is 10.2. The fourth-order valence-electron chi connectivity index (χ4n) is 0.800. The van der Waals surface area contributed by atoms with Gasteiger partial charge < -0.3 is 11.1 Å². The van der Waals surface area contributed by atoms with Gasteiger partial charge in [-0.15, -0.1) is 10.2 Å². The lowest BCUT2D eigenvalue weighted by Gasteiger charge is -2.04. The molecule has 1 aromatic heterocycles. The molecule has 1 atom stereocenters. The van der Waals surface area contributed by atoms with Gasteiger partial charge in [0.15, 0.2) is 5.82 Å². The minimum absolute atomic E-state index is 0.111. The van der Waals surface area contributed by atoms with E-state index in [9.17, 15) is 4.79 Å². The lowest BCUT2D eigenvalue weighted by molar-refractivity contribution is -0.121. The number of nitrogens with zero attached hydrogens (tertiary/aromatic N) is 3. The Balaban J connectivity index is 2.23. The summed E-state index contributed by atoms with van der Waals surface area (Å²) in [5.74, 6) is 0.345. The Kier molecular flexibility index (Phi) is 3.32. The molecular weight excluding hydrogens is 172 g/mol. The molecule has 7 heteroatoms. The molecule has 0 aliphatic rings. The first-order chi connectivity index (χ1) is 6.18. The highest BCUT2D eigenvalue weighted by atomic mass is 16.1. The molecule has 0 saturated carbocycles. The maximum absolute atomic E-state index is 11.1. The minimum atomic E-state index is -0.134. The predicted octanol–water partition coefficient (Wildman–Crippen LogP) is -1.45. The largest absolute Gasteiger partial charge is 0.349 e. The SMILES string of the molecule is CC(N)CC(=O)NCc1nn[nH]n1. The smallest absolute Gasteiger partial charge is 0.221 e. The van der Waals surface area contributed by atoms with Crippen LogP contribution in [0.1, 0.15) is 19.2 Å². The highest BCUT2D eigenvalue weighted by molar-refractivity contribution is 5.76. The van der Waals surface area contributed by atoms with Gasteiger partial charge in [0.1, 0.15) is 0 Å². The van der Waals surface area contributed by atoms with Gasteiger partial charge >= 0.3 is 0 Å². The maximum atomic E-state index is 11.1. The zero-order valence-corrected chi connectivity index (χ0v) is 7.32. The molecule has 1 heterocycles. The third kappa shape index (κ3) is 3.61. The van der Waals surface area contributed by atoms with Crippen LogP contribution >= 0.6 is 0 Å². The van der Waals surface area contributed by atoms with Crippen LogP contribution in [0.15, 0.2) is 0 Å². The van der Waals surface area contributed by atoms with Gasteiger partial charge in [0.2, 0.25) is 5.91 Å². The molecule has 13 heavy (non-hydrogen) atoms. The standard InChI is InChI=1S/C6H12N6O/c1-4(7)2-6(13)8-3-5-9-11-12-10-5/h4H,2-3,7H2,1H3,(H,8,13)(H,9,10,11,12). The third-order valence-electron chi connectivity index (χ3n) is 1.34. The number of hydrogen-bond acceptors (Lipinski definition) is 5. The number of carbonyl (C=O) groups is 1. The van der Waals surface area contributed by atoms with E-state index in [2.05, 4.69) is 25.9 Å². The Morgan fingerprint density at radius 2 is 2.54 bits per heavy atom. The van der Waals surface area contributed by atoms with Gasteiger partial charge in [-0.3, -0.25) is 4.79 Å². The highest BCUT2D eigenvalue weighted by Crippen LogP contribution is 1.87. The normalized spacial score (nSPS) is 12.5. The van der Waals surface area contributed by atoms with E-state index in [-0.39, 0.29) is 18.5 Å². The van der Waals surface area contributed by atoms with Crippen LogP contribution in [0.25, 0.3) is 0 Å². The van der Waals surface area contributed by atoms with Gasteiger partial charge in [0.05, 0.1) is 6.54 Å². The monoisotopic (exact) mass is 184 g/mol. The van der Waals surface area contributed by atoms with Gasteiger partial charge in [-0.25, -0.2) is 0 Å². The number of H-pyrrole nitrogens is 1. The Bertz CT molecular complexity index is 256. The average Bonchev–Trinajstić information content (AvgIpc) is 2.51. The van der Waals surface area contributed by atoms with Crippen LogP contribution in [-0.2, 0) is 11.3 Å². The number of tetrazole rings is 1. The number of aromatic nitrogens is 4. The number of nitrogens with one attached hydrogen (secondary N) is 2. The first-order valence-electron chi connectivity index (χ1n) is 3.93. The van der Waals surface area contributed by atoms with Gasteiger partial charge in [-0.05, 0) is 6.92 Å². The van der Waals surface area contributed by atoms with Crippen molar-refractivity contribution < 1.29 is 4.79 Å². The Morgan fingerprint density at radius 3 is 3.08 bits per heavy atom. The van der Waals surface area contributed by atoms with Crippen LogP contribution < -0.4 is 11.1 Å². The molecule has 0 aliphatic carbocycles. The fourth-order valence-corrected chi connectivity index (χ4v) is 0.800. The fraction of sp³-hybridized carbons (Fsp3) is 0.667. The zero-order chi connectivity index (χ0) is 9.68. The molecule has 72 valence electrons. The molecule has 1 rings (SSSR count). The predicted molar refractivity (Wildman–Crippen MR) is 44.3 cm³/mol. The summed E-state index contributed by atoms with van der Waals surface area (Å²) in [5, 5.41) is 15.6. The molecule has 0 spiro atoms. The maximum Gasteiger partial charge on any atom is 0.221 e. The second kappa shape index (κ2) is 4.51. The molecule has 0 aromatic carbocycles. The van der Waals surface area contributed by atoms with E-state index in [0.29, 0.717) is 12.2 Å². The summed E-state index contributed by atoms with van der Waals surface area (Å²) in [6, 6.07) is -0.134. The zero-order valence-electron chi connectivity index (χ0n) is 7.32. The summed E-state index contributed by atoms with van der Waals surface area (Å²) in [5.41, 5.74) is 5.43. The molecule has 0 saturated heterocycles.